The van der Waals surface area contributed by atoms with E-state index in [1.54, 1.807) is 11.0 Å². The number of likely N-dealkylation sites (tertiary alicyclic amines) is 2. The second kappa shape index (κ2) is 7.65. The van der Waals surface area contributed by atoms with Crippen molar-refractivity contribution in [1.82, 2.24) is 20.0 Å². The Kier molecular flexibility index (Phi) is 5.19. The lowest BCUT2D eigenvalue weighted by atomic mass is 9.78. The monoisotopic (exact) mass is 394 g/mol. The molecule has 1 spiro atoms. The molecule has 6 nitrogen and oxygen atoms in total. The molecule has 0 radical (unpaired) electrons. The van der Waals surface area contributed by atoms with Crippen molar-refractivity contribution in [3.8, 4) is 0 Å². The fraction of sp³-hybridized carbons (Fsp3) is 0.522. The molecule has 2 saturated heterocycles. The highest BCUT2D eigenvalue weighted by Crippen LogP contribution is 2.41. The molecule has 29 heavy (non-hydrogen) atoms. The van der Waals surface area contributed by atoms with Crippen LogP contribution in [0.3, 0.4) is 0 Å². The van der Waals surface area contributed by atoms with Crippen molar-refractivity contribution >= 4 is 11.8 Å². The molecule has 4 rings (SSSR count). The number of carbonyl (C=O) groups is 2. The lowest BCUT2D eigenvalue weighted by Crippen LogP contribution is -2.50. The molecule has 2 fully saturated rings. The van der Waals surface area contributed by atoms with E-state index in [1.165, 1.54) is 5.56 Å². The molecule has 3 heterocycles. The maximum absolute atomic E-state index is 13.4. The number of piperidine rings is 1. The number of hydrogen-bond acceptors (Lipinski definition) is 3. The summed E-state index contributed by atoms with van der Waals surface area (Å²) in [4.78, 5) is 30.0. The topological polar surface area (TPSA) is 69.3 Å². The van der Waals surface area contributed by atoms with Gasteiger partial charge in [0.15, 0.2) is 0 Å². The molecule has 1 aromatic carbocycles. The standard InChI is InChI=1S/C23H30N4O2/c1-16(2)19-7-5-18(6-8-19)14-26-11-4-9-23(22(26)29)10-12-27(15-23)21(28)20-13-17(3)24-25-20/h5-8,13,16H,4,9-12,14-15H2,1-3H3,(H,24,25). The normalized spacial score (nSPS) is 22.1. The van der Waals surface area contributed by atoms with E-state index in [1.807, 2.05) is 11.8 Å². The molecular weight excluding hydrogens is 364 g/mol. The number of aromatic amines is 1. The second-order valence-electron chi connectivity index (χ2n) is 8.92. The predicted molar refractivity (Wildman–Crippen MR) is 111 cm³/mol. The number of aromatic nitrogens is 2. The van der Waals surface area contributed by atoms with Crippen molar-refractivity contribution in [3.05, 3.63) is 52.8 Å². The van der Waals surface area contributed by atoms with Crippen LogP contribution in [0.2, 0.25) is 0 Å². The highest BCUT2D eigenvalue weighted by Gasteiger charge is 2.49. The van der Waals surface area contributed by atoms with Gasteiger partial charge in [-0.05, 0) is 49.3 Å². The number of aryl methyl sites for hydroxylation is 1. The molecule has 0 bridgehead atoms. The predicted octanol–water partition coefficient (Wildman–Crippen LogP) is 3.50. The van der Waals surface area contributed by atoms with Crippen molar-refractivity contribution in [2.45, 2.75) is 52.5 Å². The summed E-state index contributed by atoms with van der Waals surface area (Å²) in [5.41, 5.74) is 3.35. The van der Waals surface area contributed by atoms with E-state index in [0.717, 1.165) is 37.1 Å². The third-order valence-electron chi connectivity index (χ3n) is 6.41. The quantitative estimate of drug-likeness (QED) is 0.863. The minimum atomic E-state index is -0.433. The fourth-order valence-corrected chi connectivity index (χ4v) is 4.65. The number of nitrogens with zero attached hydrogens (tertiary/aromatic N) is 3. The maximum atomic E-state index is 13.4. The van der Waals surface area contributed by atoms with Crippen LogP contribution in [0, 0.1) is 12.3 Å². The zero-order valence-electron chi connectivity index (χ0n) is 17.6. The van der Waals surface area contributed by atoms with Crippen LogP contribution >= 0.6 is 0 Å². The van der Waals surface area contributed by atoms with Gasteiger partial charge < -0.3 is 9.80 Å². The van der Waals surface area contributed by atoms with Gasteiger partial charge in [-0.25, -0.2) is 0 Å². The Hall–Kier alpha value is -2.63. The minimum Gasteiger partial charge on any atom is -0.338 e. The van der Waals surface area contributed by atoms with Gasteiger partial charge in [0, 0.05) is 31.9 Å². The van der Waals surface area contributed by atoms with Gasteiger partial charge in [-0.15, -0.1) is 0 Å². The summed E-state index contributed by atoms with van der Waals surface area (Å²) < 4.78 is 0. The van der Waals surface area contributed by atoms with Crippen molar-refractivity contribution in [3.63, 3.8) is 0 Å². The van der Waals surface area contributed by atoms with Gasteiger partial charge in [0.05, 0.1) is 5.41 Å². The summed E-state index contributed by atoms with van der Waals surface area (Å²) in [6.07, 6.45) is 2.58. The number of amides is 2. The van der Waals surface area contributed by atoms with Crippen LogP contribution in [0.15, 0.2) is 30.3 Å². The van der Waals surface area contributed by atoms with Gasteiger partial charge in [0.25, 0.3) is 5.91 Å². The van der Waals surface area contributed by atoms with Gasteiger partial charge in [0.1, 0.15) is 5.69 Å². The average Bonchev–Trinajstić information content (AvgIpc) is 3.33. The van der Waals surface area contributed by atoms with E-state index < -0.39 is 5.41 Å². The van der Waals surface area contributed by atoms with Crippen LogP contribution < -0.4 is 0 Å². The first-order chi connectivity index (χ1) is 13.9. The molecule has 2 aliphatic rings. The highest BCUT2D eigenvalue weighted by molar-refractivity contribution is 5.94. The Balaban J connectivity index is 1.45. The Bertz CT molecular complexity index is 902. The maximum Gasteiger partial charge on any atom is 0.274 e. The first-order valence-electron chi connectivity index (χ1n) is 10.6. The largest absolute Gasteiger partial charge is 0.338 e. The molecule has 1 aromatic heterocycles. The lowest BCUT2D eigenvalue weighted by molar-refractivity contribution is -0.146. The van der Waals surface area contributed by atoms with E-state index >= 15 is 0 Å². The van der Waals surface area contributed by atoms with Crippen molar-refractivity contribution in [2.75, 3.05) is 19.6 Å². The van der Waals surface area contributed by atoms with Crippen molar-refractivity contribution in [2.24, 2.45) is 5.41 Å². The molecule has 2 amide bonds. The molecule has 1 N–H and O–H groups in total. The van der Waals surface area contributed by atoms with Crippen LogP contribution in [-0.2, 0) is 11.3 Å². The van der Waals surface area contributed by atoms with Crippen LogP contribution in [0.5, 0.6) is 0 Å². The number of benzene rings is 1. The summed E-state index contributed by atoms with van der Waals surface area (Å²) in [5, 5.41) is 6.92. The highest BCUT2D eigenvalue weighted by atomic mass is 16.2. The summed E-state index contributed by atoms with van der Waals surface area (Å²) in [5.74, 6) is 0.620. The number of rotatable bonds is 4. The van der Waals surface area contributed by atoms with E-state index in [2.05, 4.69) is 48.3 Å². The minimum absolute atomic E-state index is 0.0829. The number of nitrogens with one attached hydrogen (secondary N) is 1. The third kappa shape index (κ3) is 3.80. The molecule has 2 aliphatic heterocycles. The van der Waals surface area contributed by atoms with Crippen LogP contribution in [-0.4, -0.2) is 51.4 Å². The van der Waals surface area contributed by atoms with Crippen molar-refractivity contribution < 1.29 is 9.59 Å². The molecular formula is C23H30N4O2. The zero-order chi connectivity index (χ0) is 20.6. The summed E-state index contributed by atoms with van der Waals surface area (Å²) >= 11 is 0. The SMILES string of the molecule is Cc1cc(C(=O)N2CCC3(CCCN(Cc4ccc(C(C)C)cc4)C3=O)C2)n[nH]1. The first-order valence-corrected chi connectivity index (χ1v) is 10.6. The van der Waals surface area contributed by atoms with Crippen molar-refractivity contribution in [1.29, 1.82) is 0 Å². The van der Waals surface area contributed by atoms with Gasteiger partial charge in [0.2, 0.25) is 5.91 Å². The van der Waals surface area contributed by atoms with Gasteiger partial charge in [-0.3, -0.25) is 14.7 Å². The smallest absolute Gasteiger partial charge is 0.274 e. The molecule has 2 aromatic rings. The van der Waals surface area contributed by atoms with Crippen LogP contribution in [0.1, 0.15) is 66.3 Å². The van der Waals surface area contributed by atoms with E-state index in [0.29, 0.717) is 31.2 Å². The number of hydrogen-bond donors (Lipinski definition) is 1. The third-order valence-corrected chi connectivity index (χ3v) is 6.41. The zero-order valence-corrected chi connectivity index (χ0v) is 17.6. The fourth-order valence-electron chi connectivity index (χ4n) is 4.65. The summed E-state index contributed by atoms with van der Waals surface area (Å²) in [7, 11) is 0. The van der Waals surface area contributed by atoms with Gasteiger partial charge in [-0.2, -0.15) is 5.10 Å². The molecule has 0 saturated carbocycles. The Morgan fingerprint density at radius 2 is 1.97 bits per heavy atom. The number of H-pyrrole nitrogens is 1. The first kappa shape index (κ1) is 19.7. The molecule has 6 heteroatoms. The summed E-state index contributed by atoms with van der Waals surface area (Å²) in [6, 6.07) is 10.4. The van der Waals surface area contributed by atoms with Gasteiger partial charge in [-0.1, -0.05) is 38.1 Å². The molecule has 1 atom stereocenters. The lowest BCUT2D eigenvalue weighted by Gasteiger charge is -2.39. The second-order valence-corrected chi connectivity index (χ2v) is 8.92. The molecule has 0 aliphatic carbocycles. The molecule has 1 unspecified atom stereocenters. The Morgan fingerprint density at radius 1 is 1.21 bits per heavy atom. The average molecular weight is 395 g/mol. The molecule has 154 valence electrons. The number of carbonyl (C=O) groups excluding carboxylic acids is 2. The van der Waals surface area contributed by atoms with Crippen LogP contribution in [0.4, 0.5) is 0 Å². The summed E-state index contributed by atoms with van der Waals surface area (Å²) in [6.45, 7) is 8.80. The van der Waals surface area contributed by atoms with E-state index in [-0.39, 0.29) is 11.8 Å². The van der Waals surface area contributed by atoms with Gasteiger partial charge >= 0.3 is 0 Å². The van der Waals surface area contributed by atoms with E-state index in [4.69, 9.17) is 0 Å². The van der Waals surface area contributed by atoms with E-state index in [9.17, 15) is 9.59 Å². The van der Waals surface area contributed by atoms with Crippen LogP contribution in [0.25, 0.3) is 0 Å². The Morgan fingerprint density at radius 3 is 2.62 bits per heavy atom. The Labute approximate surface area is 172 Å².